The molecule has 1 heterocycles. The van der Waals surface area contributed by atoms with Gasteiger partial charge >= 0.3 is 0 Å². The number of carbonyl (C=O) groups is 1. The molecule has 0 bridgehead atoms. The number of thiazole rings is 1. The first-order chi connectivity index (χ1) is 6.56. The third kappa shape index (κ3) is 2.30. The third-order valence-electron chi connectivity index (χ3n) is 1.76. The number of rotatable bonds is 4. The van der Waals surface area contributed by atoms with Crippen LogP contribution in [0.5, 0.6) is 0 Å². The zero-order chi connectivity index (χ0) is 10.7. The van der Waals surface area contributed by atoms with Gasteiger partial charge in [0.05, 0.1) is 17.1 Å². The van der Waals surface area contributed by atoms with Gasteiger partial charge in [-0.3, -0.25) is 4.79 Å². The van der Waals surface area contributed by atoms with E-state index < -0.39 is 0 Å². The van der Waals surface area contributed by atoms with Crippen LogP contribution in [-0.4, -0.2) is 38.5 Å². The van der Waals surface area contributed by atoms with Gasteiger partial charge in [0.15, 0.2) is 10.9 Å². The van der Waals surface area contributed by atoms with Gasteiger partial charge in [-0.1, -0.05) is 11.3 Å². The van der Waals surface area contributed by atoms with Crippen LogP contribution in [0, 0.1) is 6.92 Å². The van der Waals surface area contributed by atoms with Crippen molar-refractivity contribution >= 4 is 22.3 Å². The summed E-state index contributed by atoms with van der Waals surface area (Å²) in [6.45, 7) is 2.24. The fraction of sp³-hybridized carbons (Fsp3) is 0.556. The van der Waals surface area contributed by atoms with E-state index >= 15 is 0 Å². The van der Waals surface area contributed by atoms with E-state index in [0.29, 0.717) is 6.54 Å². The van der Waals surface area contributed by atoms with Crippen LogP contribution in [0.15, 0.2) is 0 Å². The molecule has 0 amide bonds. The van der Waals surface area contributed by atoms with Gasteiger partial charge in [-0.05, 0) is 14.0 Å². The molecule has 78 valence electrons. The summed E-state index contributed by atoms with van der Waals surface area (Å²) in [6, 6.07) is 0. The lowest BCUT2D eigenvalue weighted by atomic mass is 10.3. The lowest BCUT2D eigenvalue weighted by Crippen LogP contribution is -2.18. The minimum atomic E-state index is 0.107. The molecule has 0 radical (unpaired) electrons. The number of nitrogens with zero attached hydrogens (tertiary/aromatic N) is 2. The Kier molecular flexibility index (Phi) is 3.60. The predicted molar refractivity (Wildman–Crippen MR) is 59.4 cm³/mol. The van der Waals surface area contributed by atoms with Crippen LogP contribution < -0.4 is 10.2 Å². The summed E-state index contributed by atoms with van der Waals surface area (Å²) < 4.78 is 0. The summed E-state index contributed by atoms with van der Waals surface area (Å²) in [5, 5.41) is 3.72. The highest BCUT2D eigenvalue weighted by Crippen LogP contribution is 2.24. The molecule has 1 rings (SSSR count). The number of nitrogens with one attached hydrogen (secondary N) is 1. The zero-order valence-corrected chi connectivity index (χ0v) is 9.73. The monoisotopic (exact) mass is 213 g/mol. The molecule has 0 unspecified atom stereocenters. The smallest absolute Gasteiger partial charge is 0.188 e. The number of hydrogen-bond acceptors (Lipinski definition) is 5. The van der Waals surface area contributed by atoms with Crippen LogP contribution in [0.3, 0.4) is 0 Å². The van der Waals surface area contributed by atoms with Gasteiger partial charge in [-0.2, -0.15) is 0 Å². The van der Waals surface area contributed by atoms with Crippen molar-refractivity contribution in [3.05, 3.63) is 10.6 Å². The first-order valence-corrected chi connectivity index (χ1v) is 5.20. The van der Waals surface area contributed by atoms with Crippen molar-refractivity contribution in [3.8, 4) is 0 Å². The van der Waals surface area contributed by atoms with Gasteiger partial charge in [-0.25, -0.2) is 4.98 Å². The summed E-state index contributed by atoms with van der Waals surface area (Å²) >= 11 is 1.44. The van der Waals surface area contributed by atoms with Gasteiger partial charge in [-0.15, -0.1) is 0 Å². The number of carbonyl (C=O) groups excluding carboxylic acids is 1. The highest BCUT2D eigenvalue weighted by atomic mass is 32.1. The quantitative estimate of drug-likeness (QED) is 0.755. The van der Waals surface area contributed by atoms with Gasteiger partial charge < -0.3 is 10.2 Å². The second kappa shape index (κ2) is 4.52. The van der Waals surface area contributed by atoms with Crippen molar-refractivity contribution in [1.29, 1.82) is 0 Å². The fourth-order valence-electron chi connectivity index (χ4n) is 1.07. The Bertz CT molecular complexity index is 333. The molecule has 0 atom stereocenters. The molecule has 0 saturated heterocycles. The molecule has 1 aromatic heterocycles. The second-order valence-corrected chi connectivity index (χ2v) is 4.24. The number of likely N-dealkylation sites (N-methyl/N-ethyl adjacent to an activating group) is 1. The van der Waals surface area contributed by atoms with Crippen LogP contribution in [0.4, 0.5) is 5.13 Å². The Morgan fingerprint density at radius 1 is 1.57 bits per heavy atom. The van der Waals surface area contributed by atoms with Crippen molar-refractivity contribution in [2.75, 3.05) is 32.6 Å². The number of ketones is 1. The van der Waals surface area contributed by atoms with Crippen LogP contribution in [0.1, 0.15) is 15.4 Å². The Morgan fingerprint density at radius 3 is 2.64 bits per heavy atom. The minimum absolute atomic E-state index is 0.107. The van der Waals surface area contributed by atoms with Gasteiger partial charge in [0.2, 0.25) is 0 Å². The molecule has 0 aliphatic rings. The number of aromatic nitrogens is 1. The molecule has 0 aliphatic heterocycles. The molecule has 0 fully saturated rings. The van der Waals surface area contributed by atoms with E-state index in [0.717, 1.165) is 15.7 Å². The molecule has 4 nitrogen and oxygen atoms in total. The number of anilines is 1. The molecule has 0 spiro atoms. The SMILES string of the molecule is CNCC(=O)c1sc(N(C)C)nc1C. The van der Waals surface area contributed by atoms with Crippen molar-refractivity contribution in [2.24, 2.45) is 0 Å². The summed E-state index contributed by atoms with van der Waals surface area (Å²) in [7, 11) is 5.61. The lowest BCUT2D eigenvalue weighted by molar-refractivity contribution is 0.0996. The maximum Gasteiger partial charge on any atom is 0.188 e. The standard InChI is InChI=1S/C9H15N3OS/c1-6-8(7(13)5-10-2)14-9(11-6)12(3)4/h10H,5H2,1-4H3. The van der Waals surface area contributed by atoms with E-state index in [1.54, 1.807) is 7.05 Å². The molecular weight excluding hydrogens is 198 g/mol. The Hall–Kier alpha value is -0.940. The van der Waals surface area contributed by atoms with E-state index in [2.05, 4.69) is 10.3 Å². The van der Waals surface area contributed by atoms with Gasteiger partial charge in [0.25, 0.3) is 0 Å². The molecular formula is C9H15N3OS. The van der Waals surface area contributed by atoms with Crippen molar-refractivity contribution in [1.82, 2.24) is 10.3 Å². The van der Waals surface area contributed by atoms with Crippen LogP contribution in [0.25, 0.3) is 0 Å². The summed E-state index contributed by atoms with van der Waals surface area (Å²) in [5.41, 5.74) is 0.818. The van der Waals surface area contributed by atoms with Crippen LogP contribution in [-0.2, 0) is 0 Å². The topological polar surface area (TPSA) is 45.2 Å². The predicted octanol–water partition coefficient (Wildman–Crippen LogP) is 0.920. The highest BCUT2D eigenvalue weighted by molar-refractivity contribution is 7.17. The highest BCUT2D eigenvalue weighted by Gasteiger charge is 2.14. The van der Waals surface area contributed by atoms with Gasteiger partial charge in [0, 0.05) is 14.1 Å². The first-order valence-electron chi connectivity index (χ1n) is 4.38. The van der Waals surface area contributed by atoms with E-state index in [1.807, 2.05) is 25.9 Å². The zero-order valence-electron chi connectivity index (χ0n) is 8.92. The number of hydrogen-bond donors (Lipinski definition) is 1. The average molecular weight is 213 g/mol. The molecule has 1 N–H and O–H groups in total. The minimum Gasteiger partial charge on any atom is -0.354 e. The van der Waals surface area contributed by atoms with Crippen molar-refractivity contribution in [2.45, 2.75) is 6.92 Å². The number of aryl methyl sites for hydroxylation is 1. The van der Waals surface area contributed by atoms with E-state index in [1.165, 1.54) is 11.3 Å². The van der Waals surface area contributed by atoms with E-state index in [-0.39, 0.29) is 5.78 Å². The lowest BCUT2D eigenvalue weighted by Gasteiger charge is -2.05. The second-order valence-electron chi connectivity index (χ2n) is 3.26. The molecule has 0 aliphatic carbocycles. The van der Waals surface area contributed by atoms with Crippen LogP contribution >= 0.6 is 11.3 Å². The first kappa shape index (κ1) is 11.1. The Balaban J connectivity index is 2.92. The van der Waals surface area contributed by atoms with Gasteiger partial charge in [0.1, 0.15) is 0 Å². The van der Waals surface area contributed by atoms with Crippen LogP contribution in [0.2, 0.25) is 0 Å². The fourth-order valence-corrected chi connectivity index (χ4v) is 2.00. The summed E-state index contributed by atoms with van der Waals surface area (Å²) in [5.74, 6) is 0.107. The Morgan fingerprint density at radius 2 is 2.21 bits per heavy atom. The number of Topliss-reactive ketones (excluding diaryl/α,β-unsaturated/α-hetero) is 1. The third-order valence-corrected chi connectivity index (χ3v) is 3.12. The average Bonchev–Trinajstić information content (AvgIpc) is 2.48. The molecule has 0 aromatic carbocycles. The maximum atomic E-state index is 11.6. The van der Waals surface area contributed by atoms with Crippen molar-refractivity contribution in [3.63, 3.8) is 0 Å². The largest absolute Gasteiger partial charge is 0.354 e. The van der Waals surface area contributed by atoms with E-state index in [4.69, 9.17) is 0 Å². The Labute approximate surface area is 88.0 Å². The normalized spacial score (nSPS) is 10.3. The molecule has 14 heavy (non-hydrogen) atoms. The summed E-state index contributed by atoms with van der Waals surface area (Å²) in [6.07, 6.45) is 0. The van der Waals surface area contributed by atoms with E-state index in [9.17, 15) is 4.79 Å². The maximum absolute atomic E-state index is 11.6. The molecule has 0 saturated carbocycles. The molecule has 1 aromatic rings. The van der Waals surface area contributed by atoms with Crippen molar-refractivity contribution < 1.29 is 4.79 Å². The summed E-state index contributed by atoms with van der Waals surface area (Å²) in [4.78, 5) is 18.6. The molecule has 5 heteroatoms.